The van der Waals surface area contributed by atoms with Crippen LogP contribution in [-0.4, -0.2) is 27.5 Å². The molecular formula is C13H23N3O. The lowest BCUT2D eigenvalue weighted by atomic mass is 10.1. The number of nitrogens with zero attached hydrogens (tertiary/aromatic N) is 3. The molecule has 0 saturated carbocycles. The Bertz CT molecular complexity index is 386. The molecule has 2 rings (SSSR count). The molecule has 1 saturated heterocycles. The number of hydrogen-bond acceptors (Lipinski definition) is 3. The maximum absolute atomic E-state index is 9.52. The van der Waals surface area contributed by atoms with E-state index >= 15 is 0 Å². The molecule has 2 heterocycles. The van der Waals surface area contributed by atoms with Crippen LogP contribution in [0.25, 0.3) is 0 Å². The quantitative estimate of drug-likeness (QED) is 0.855. The van der Waals surface area contributed by atoms with Crippen molar-refractivity contribution in [3.63, 3.8) is 0 Å². The van der Waals surface area contributed by atoms with Gasteiger partial charge < -0.3 is 10.0 Å². The van der Waals surface area contributed by atoms with Crippen molar-refractivity contribution in [1.82, 2.24) is 9.78 Å². The number of hydrogen-bond donors (Lipinski definition) is 1. The van der Waals surface area contributed by atoms with Crippen LogP contribution in [0.3, 0.4) is 0 Å². The first-order valence-electron chi connectivity index (χ1n) is 6.55. The summed E-state index contributed by atoms with van der Waals surface area (Å²) in [6.45, 7) is 5.40. The van der Waals surface area contributed by atoms with Crippen molar-refractivity contribution >= 4 is 5.82 Å². The third kappa shape index (κ3) is 2.32. The summed E-state index contributed by atoms with van der Waals surface area (Å²) >= 11 is 0. The molecule has 96 valence electrons. The van der Waals surface area contributed by atoms with Crippen LogP contribution < -0.4 is 4.90 Å². The Balaban J connectivity index is 2.36. The molecule has 1 aromatic heterocycles. The van der Waals surface area contributed by atoms with Crippen molar-refractivity contribution in [2.24, 2.45) is 7.05 Å². The van der Waals surface area contributed by atoms with Crippen molar-refractivity contribution in [2.45, 2.75) is 52.2 Å². The van der Waals surface area contributed by atoms with Crippen molar-refractivity contribution in [1.29, 1.82) is 0 Å². The second kappa shape index (κ2) is 5.08. The molecule has 1 N–H and O–H groups in total. The Morgan fingerprint density at radius 3 is 2.82 bits per heavy atom. The average molecular weight is 237 g/mol. The predicted octanol–water partition coefficient (Wildman–Crippen LogP) is 1.99. The fraction of sp³-hybridized carbons (Fsp3) is 0.769. The molecule has 1 aliphatic rings. The molecule has 0 aromatic carbocycles. The Kier molecular flexibility index (Phi) is 3.72. The van der Waals surface area contributed by atoms with E-state index in [9.17, 15) is 5.11 Å². The van der Waals surface area contributed by atoms with E-state index in [1.165, 1.54) is 25.7 Å². The van der Waals surface area contributed by atoms with E-state index in [0.717, 1.165) is 23.6 Å². The van der Waals surface area contributed by atoms with E-state index in [2.05, 4.69) is 16.9 Å². The van der Waals surface area contributed by atoms with Crippen LogP contribution in [0.15, 0.2) is 0 Å². The minimum absolute atomic E-state index is 0.0816. The Labute approximate surface area is 103 Å². The fourth-order valence-corrected chi connectivity index (χ4v) is 2.82. The van der Waals surface area contributed by atoms with Crippen LogP contribution in [0.4, 0.5) is 5.82 Å². The second-order valence-corrected chi connectivity index (χ2v) is 5.06. The minimum Gasteiger partial charge on any atom is -0.391 e. The van der Waals surface area contributed by atoms with E-state index in [0.29, 0.717) is 6.04 Å². The van der Waals surface area contributed by atoms with Gasteiger partial charge in [0.1, 0.15) is 5.82 Å². The number of aryl methyl sites for hydroxylation is 2. The molecule has 0 amide bonds. The SMILES string of the molecule is Cc1nn(C)c(N2CCCCCC2C)c1CO. The fourth-order valence-electron chi connectivity index (χ4n) is 2.82. The summed E-state index contributed by atoms with van der Waals surface area (Å²) in [5.41, 5.74) is 1.93. The summed E-state index contributed by atoms with van der Waals surface area (Å²) in [6, 6.07) is 0.539. The molecule has 1 aromatic rings. The molecule has 0 spiro atoms. The van der Waals surface area contributed by atoms with Gasteiger partial charge in [-0.1, -0.05) is 12.8 Å². The highest BCUT2D eigenvalue weighted by Crippen LogP contribution is 2.28. The zero-order chi connectivity index (χ0) is 12.4. The zero-order valence-corrected chi connectivity index (χ0v) is 11.1. The largest absolute Gasteiger partial charge is 0.391 e. The Morgan fingerprint density at radius 1 is 1.35 bits per heavy atom. The van der Waals surface area contributed by atoms with Gasteiger partial charge in [-0.3, -0.25) is 4.68 Å². The number of aromatic nitrogens is 2. The molecule has 4 heteroatoms. The molecule has 0 radical (unpaired) electrons. The highest BCUT2D eigenvalue weighted by atomic mass is 16.3. The van der Waals surface area contributed by atoms with E-state index in [4.69, 9.17) is 0 Å². The summed E-state index contributed by atoms with van der Waals surface area (Å²) in [6.07, 6.45) is 5.09. The maximum Gasteiger partial charge on any atom is 0.132 e. The van der Waals surface area contributed by atoms with Crippen molar-refractivity contribution in [3.05, 3.63) is 11.3 Å². The van der Waals surface area contributed by atoms with E-state index in [1.54, 1.807) is 0 Å². The number of anilines is 1. The summed E-state index contributed by atoms with van der Waals surface area (Å²) < 4.78 is 1.92. The van der Waals surface area contributed by atoms with Gasteiger partial charge in [-0.2, -0.15) is 5.10 Å². The minimum atomic E-state index is 0.0816. The molecule has 1 unspecified atom stereocenters. The first-order chi connectivity index (χ1) is 8.15. The van der Waals surface area contributed by atoms with Crippen LogP contribution in [0.1, 0.15) is 43.9 Å². The van der Waals surface area contributed by atoms with Gasteiger partial charge in [0.15, 0.2) is 0 Å². The molecular weight excluding hydrogens is 214 g/mol. The second-order valence-electron chi connectivity index (χ2n) is 5.06. The lowest BCUT2D eigenvalue weighted by Gasteiger charge is -2.30. The van der Waals surface area contributed by atoms with Crippen molar-refractivity contribution in [3.8, 4) is 0 Å². The number of rotatable bonds is 2. The van der Waals surface area contributed by atoms with Crippen LogP contribution in [0.2, 0.25) is 0 Å². The number of aliphatic hydroxyl groups excluding tert-OH is 1. The van der Waals surface area contributed by atoms with Crippen LogP contribution in [0.5, 0.6) is 0 Å². The van der Waals surface area contributed by atoms with E-state index in [-0.39, 0.29) is 6.61 Å². The predicted molar refractivity (Wildman–Crippen MR) is 69.1 cm³/mol. The topological polar surface area (TPSA) is 41.3 Å². The summed E-state index contributed by atoms with van der Waals surface area (Å²) in [4.78, 5) is 2.42. The first-order valence-corrected chi connectivity index (χ1v) is 6.55. The molecule has 4 nitrogen and oxygen atoms in total. The van der Waals surface area contributed by atoms with Gasteiger partial charge in [-0.15, -0.1) is 0 Å². The third-order valence-corrected chi connectivity index (χ3v) is 3.80. The molecule has 0 aliphatic carbocycles. The first kappa shape index (κ1) is 12.4. The lowest BCUT2D eigenvalue weighted by molar-refractivity contribution is 0.281. The highest BCUT2D eigenvalue weighted by Gasteiger charge is 2.24. The summed E-state index contributed by atoms with van der Waals surface area (Å²) in [5, 5.41) is 14.0. The van der Waals surface area contributed by atoms with Crippen LogP contribution in [0, 0.1) is 6.92 Å². The summed E-state index contributed by atoms with van der Waals surface area (Å²) in [7, 11) is 1.97. The highest BCUT2D eigenvalue weighted by molar-refractivity contribution is 5.50. The normalized spacial score (nSPS) is 21.6. The van der Waals surface area contributed by atoms with E-state index < -0.39 is 0 Å². The Hall–Kier alpha value is -1.03. The summed E-state index contributed by atoms with van der Waals surface area (Å²) in [5.74, 6) is 1.11. The lowest BCUT2D eigenvalue weighted by Crippen LogP contribution is -2.34. The molecule has 1 atom stereocenters. The number of aliphatic hydroxyl groups is 1. The van der Waals surface area contributed by atoms with E-state index in [1.807, 2.05) is 18.7 Å². The third-order valence-electron chi connectivity index (χ3n) is 3.80. The van der Waals surface area contributed by atoms with Gasteiger partial charge in [0.05, 0.1) is 12.3 Å². The smallest absolute Gasteiger partial charge is 0.132 e. The molecule has 1 fully saturated rings. The maximum atomic E-state index is 9.52. The Morgan fingerprint density at radius 2 is 2.12 bits per heavy atom. The molecule has 17 heavy (non-hydrogen) atoms. The van der Waals surface area contributed by atoms with Gasteiger partial charge in [0, 0.05) is 25.2 Å². The molecule has 0 bridgehead atoms. The van der Waals surface area contributed by atoms with Crippen molar-refractivity contribution < 1.29 is 5.11 Å². The average Bonchev–Trinajstić information content (AvgIpc) is 2.46. The van der Waals surface area contributed by atoms with Gasteiger partial charge in [0.25, 0.3) is 0 Å². The van der Waals surface area contributed by atoms with Gasteiger partial charge in [-0.05, 0) is 26.7 Å². The molecule has 1 aliphatic heterocycles. The standard InChI is InChI=1S/C13H23N3O/c1-10-7-5-4-6-8-16(10)13-12(9-17)11(2)14-15(13)3/h10,17H,4-9H2,1-3H3. The zero-order valence-electron chi connectivity index (χ0n) is 11.1. The van der Waals surface area contributed by atoms with Gasteiger partial charge in [0.2, 0.25) is 0 Å². The van der Waals surface area contributed by atoms with Gasteiger partial charge in [-0.25, -0.2) is 0 Å². The van der Waals surface area contributed by atoms with Crippen LogP contribution >= 0.6 is 0 Å². The van der Waals surface area contributed by atoms with Crippen molar-refractivity contribution in [2.75, 3.05) is 11.4 Å². The van der Waals surface area contributed by atoms with Crippen LogP contribution in [-0.2, 0) is 13.7 Å². The van der Waals surface area contributed by atoms with Gasteiger partial charge >= 0.3 is 0 Å². The monoisotopic (exact) mass is 237 g/mol.